The van der Waals surface area contributed by atoms with Crippen molar-refractivity contribution < 1.29 is 9.59 Å². The van der Waals surface area contributed by atoms with Crippen LogP contribution in [0.25, 0.3) is 0 Å². The molecule has 2 aliphatic heterocycles. The van der Waals surface area contributed by atoms with Crippen molar-refractivity contribution >= 4 is 17.8 Å². The monoisotopic (exact) mass is 289 g/mol. The van der Waals surface area contributed by atoms with Gasteiger partial charge in [0.05, 0.1) is 0 Å². The molecule has 2 fully saturated rings. The van der Waals surface area contributed by atoms with Gasteiger partial charge in [0.15, 0.2) is 0 Å². The van der Waals surface area contributed by atoms with Gasteiger partial charge < -0.3 is 15.5 Å². The zero-order valence-corrected chi connectivity index (χ0v) is 11.8. The lowest BCUT2D eigenvalue weighted by atomic mass is 10.1. The van der Waals surface area contributed by atoms with E-state index < -0.39 is 0 Å². The van der Waals surface area contributed by atoms with Crippen LogP contribution in [0, 0.1) is 0 Å². The summed E-state index contributed by atoms with van der Waals surface area (Å²) >= 11 is 0. The van der Waals surface area contributed by atoms with Crippen LogP contribution in [0.5, 0.6) is 0 Å². The summed E-state index contributed by atoms with van der Waals surface area (Å²) in [5.41, 5.74) is 0. The molecule has 1 aromatic heterocycles. The maximum absolute atomic E-state index is 12.5. The average Bonchev–Trinajstić information content (AvgIpc) is 3.00. The van der Waals surface area contributed by atoms with E-state index in [2.05, 4.69) is 20.6 Å². The summed E-state index contributed by atoms with van der Waals surface area (Å²) in [6, 6.07) is 1.57. The fraction of sp³-hybridized carbons (Fsp3) is 0.571. The van der Waals surface area contributed by atoms with Gasteiger partial charge in [-0.15, -0.1) is 0 Å². The Balaban J connectivity index is 1.62. The van der Waals surface area contributed by atoms with E-state index in [0.29, 0.717) is 25.3 Å². The van der Waals surface area contributed by atoms with E-state index in [1.54, 1.807) is 18.5 Å². The van der Waals surface area contributed by atoms with Crippen molar-refractivity contribution in [3.63, 3.8) is 0 Å². The lowest BCUT2D eigenvalue weighted by Gasteiger charge is -2.28. The molecule has 0 saturated carbocycles. The maximum atomic E-state index is 12.5. The van der Waals surface area contributed by atoms with E-state index in [0.717, 1.165) is 19.4 Å². The highest BCUT2D eigenvalue weighted by Gasteiger charge is 2.33. The Kier molecular flexibility index (Phi) is 3.98. The van der Waals surface area contributed by atoms with Crippen molar-refractivity contribution in [2.45, 2.75) is 37.8 Å². The topological polar surface area (TPSA) is 87.2 Å². The van der Waals surface area contributed by atoms with Gasteiger partial charge in [-0.25, -0.2) is 9.97 Å². The first-order valence-corrected chi connectivity index (χ1v) is 7.35. The van der Waals surface area contributed by atoms with Crippen molar-refractivity contribution in [1.82, 2.24) is 20.6 Å². The number of nitrogens with one attached hydrogen (secondary N) is 2. The van der Waals surface area contributed by atoms with Crippen molar-refractivity contribution in [2.75, 3.05) is 18.0 Å². The van der Waals surface area contributed by atoms with Crippen LogP contribution in [0.15, 0.2) is 18.5 Å². The van der Waals surface area contributed by atoms with Crippen molar-refractivity contribution in [3.8, 4) is 0 Å². The molecule has 0 radical (unpaired) electrons. The zero-order valence-electron chi connectivity index (χ0n) is 11.8. The quantitative estimate of drug-likeness (QED) is 0.807. The largest absolute Gasteiger partial charge is 0.354 e. The highest BCUT2D eigenvalue weighted by Crippen LogP contribution is 2.22. The van der Waals surface area contributed by atoms with Gasteiger partial charge in [0.1, 0.15) is 6.04 Å². The Hall–Kier alpha value is -2.18. The Morgan fingerprint density at radius 1 is 1.33 bits per heavy atom. The molecule has 3 heterocycles. The van der Waals surface area contributed by atoms with Crippen LogP contribution in [-0.2, 0) is 9.59 Å². The molecule has 21 heavy (non-hydrogen) atoms. The molecular weight excluding hydrogens is 270 g/mol. The summed E-state index contributed by atoms with van der Waals surface area (Å²) in [7, 11) is 0. The first-order chi connectivity index (χ1) is 10.2. The van der Waals surface area contributed by atoms with E-state index in [1.165, 1.54) is 0 Å². The number of hydrogen-bond acceptors (Lipinski definition) is 5. The summed E-state index contributed by atoms with van der Waals surface area (Å²) in [4.78, 5) is 34.0. The highest BCUT2D eigenvalue weighted by atomic mass is 16.2. The number of aromatic nitrogens is 2. The van der Waals surface area contributed by atoms with Gasteiger partial charge in [-0.1, -0.05) is 0 Å². The summed E-state index contributed by atoms with van der Waals surface area (Å²) in [5.74, 6) is 0.661. The molecular formula is C14H19N5O2. The van der Waals surface area contributed by atoms with Crippen molar-refractivity contribution in [3.05, 3.63) is 18.5 Å². The van der Waals surface area contributed by atoms with Gasteiger partial charge in [0.25, 0.3) is 0 Å². The minimum atomic E-state index is -0.218. The molecule has 7 nitrogen and oxygen atoms in total. The Morgan fingerprint density at radius 3 is 2.86 bits per heavy atom. The number of carbonyl (C=O) groups is 2. The summed E-state index contributed by atoms with van der Waals surface area (Å²) in [6.07, 6.45) is 6.31. The molecule has 2 saturated heterocycles. The SMILES string of the molecule is O=C1CCC(NC(=O)C2CCCN2c2ncccn2)CN1. The summed E-state index contributed by atoms with van der Waals surface area (Å²) < 4.78 is 0. The highest BCUT2D eigenvalue weighted by molar-refractivity contribution is 5.86. The Labute approximate surface area is 123 Å². The van der Waals surface area contributed by atoms with Crippen LogP contribution in [0.3, 0.4) is 0 Å². The van der Waals surface area contributed by atoms with E-state index >= 15 is 0 Å². The summed E-state index contributed by atoms with van der Waals surface area (Å²) in [6.45, 7) is 1.31. The first-order valence-electron chi connectivity index (χ1n) is 7.35. The molecule has 0 spiro atoms. The third kappa shape index (κ3) is 3.12. The van der Waals surface area contributed by atoms with Crippen LogP contribution in [0.1, 0.15) is 25.7 Å². The zero-order chi connectivity index (χ0) is 14.7. The lowest BCUT2D eigenvalue weighted by Crippen LogP contribution is -2.52. The fourth-order valence-corrected chi connectivity index (χ4v) is 2.87. The molecule has 3 rings (SSSR count). The fourth-order valence-electron chi connectivity index (χ4n) is 2.87. The molecule has 2 atom stereocenters. The van der Waals surface area contributed by atoms with E-state index in [1.807, 2.05) is 4.90 Å². The number of hydrogen-bond donors (Lipinski definition) is 2. The molecule has 2 N–H and O–H groups in total. The molecule has 0 bridgehead atoms. The molecule has 0 aromatic carbocycles. The van der Waals surface area contributed by atoms with Gasteiger partial charge in [0.2, 0.25) is 17.8 Å². The van der Waals surface area contributed by atoms with E-state index in [4.69, 9.17) is 0 Å². The Morgan fingerprint density at radius 2 is 2.14 bits per heavy atom. The van der Waals surface area contributed by atoms with Gasteiger partial charge in [-0.3, -0.25) is 9.59 Å². The van der Waals surface area contributed by atoms with Gasteiger partial charge in [-0.2, -0.15) is 0 Å². The van der Waals surface area contributed by atoms with Crippen LogP contribution in [-0.4, -0.2) is 47.0 Å². The van der Waals surface area contributed by atoms with E-state index in [-0.39, 0.29) is 23.9 Å². The third-order valence-electron chi connectivity index (χ3n) is 3.98. The third-order valence-corrected chi connectivity index (χ3v) is 3.98. The molecule has 1 aromatic rings. The summed E-state index contributed by atoms with van der Waals surface area (Å²) in [5, 5.41) is 5.81. The Bertz CT molecular complexity index is 511. The second-order valence-electron chi connectivity index (χ2n) is 5.45. The van der Waals surface area contributed by atoms with Crippen molar-refractivity contribution in [2.24, 2.45) is 0 Å². The van der Waals surface area contributed by atoms with Gasteiger partial charge in [0, 0.05) is 37.9 Å². The smallest absolute Gasteiger partial charge is 0.243 e. The van der Waals surface area contributed by atoms with Crippen LogP contribution in [0.2, 0.25) is 0 Å². The minimum absolute atomic E-state index is 0.00102. The van der Waals surface area contributed by atoms with Crippen molar-refractivity contribution in [1.29, 1.82) is 0 Å². The predicted octanol–water partition coefficient (Wildman–Crippen LogP) is -0.160. The average molecular weight is 289 g/mol. The predicted molar refractivity (Wildman–Crippen MR) is 76.6 cm³/mol. The minimum Gasteiger partial charge on any atom is -0.354 e. The number of anilines is 1. The van der Waals surface area contributed by atoms with Crippen LogP contribution >= 0.6 is 0 Å². The maximum Gasteiger partial charge on any atom is 0.243 e. The number of piperidine rings is 1. The molecule has 112 valence electrons. The van der Waals surface area contributed by atoms with Gasteiger partial charge in [-0.05, 0) is 25.3 Å². The standard InChI is InChI=1S/C14H19N5O2/c20-12-5-4-10(9-17-12)18-13(21)11-3-1-8-19(11)14-15-6-2-7-16-14/h2,6-7,10-11H,1,3-5,8-9H2,(H,17,20)(H,18,21). The second kappa shape index (κ2) is 6.07. The van der Waals surface area contributed by atoms with E-state index in [9.17, 15) is 9.59 Å². The number of rotatable bonds is 3. The number of amides is 2. The molecule has 7 heteroatoms. The number of carbonyl (C=O) groups excluding carboxylic acids is 2. The van der Waals surface area contributed by atoms with Crippen LogP contribution in [0.4, 0.5) is 5.95 Å². The first kappa shape index (κ1) is 13.8. The molecule has 2 amide bonds. The normalized spacial score (nSPS) is 25.5. The molecule has 0 aliphatic carbocycles. The van der Waals surface area contributed by atoms with Crippen LogP contribution < -0.4 is 15.5 Å². The molecule has 2 aliphatic rings. The lowest BCUT2D eigenvalue weighted by molar-refractivity contribution is -0.126. The number of nitrogens with zero attached hydrogens (tertiary/aromatic N) is 3. The second-order valence-corrected chi connectivity index (χ2v) is 5.45. The molecule has 2 unspecified atom stereocenters. The van der Waals surface area contributed by atoms with Gasteiger partial charge >= 0.3 is 0 Å².